The van der Waals surface area contributed by atoms with Crippen LogP contribution in [0.2, 0.25) is 0 Å². The van der Waals surface area contributed by atoms with E-state index in [4.69, 9.17) is 0 Å². The van der Waals surface area contributed by atoms with E-state index in [-0.39, 0.29) is 6.47 Å². The first-order chi connectivity index (χ1) is 8.29. The molecule has 0 heterocycles. The number of alkyl halides is 4. The Labute approximate surface area is 160 Å². The molecule has 0 nitrogen and oxygen atoms in total. The molecule has 0 amide bonds. The monoisotopic (exact) mass is 634 g/mol. The maximum Gasteiger partial charge on any atom is 0.137 e. The predicted molar refractivity (Wildman–Crippen MR) is 103 cm³/mol. The molecule has 0 aromatic carbocycles. The van der Waals surface area contributed by atoms with Crippen LogP contribution in [0, 0.1) is 0 Å². The smallest absolute Gasteiger partial charge is 0.0698 e. The molecule has 0 unspecified atom stereocenters. The predicted octanol–water partition coefficient (Wildman–Crippen LogP) is 8.09. The van der Waals surface area contributed by atoms with Crippen LogP contribution in [0.3, 0.4) is 0 Å². The molecule has 0 aromatic rings. The fraction of sp³-hybridized carbons (Fsp3) is 0.833. The van der Waals surface area contributed by atoms with Crippen molar-refractivity contribution >= 4 is 95.6 Å². The lowest BCUT2D eigenvalue weighted by Crippen LogP contribution is -2.35. The summed E-state index contributed by atoms with van der Waals surface area (Å²) in [5.41, 5.74) is 0. The summed E-state index contributed by atoms with van der Waals surface area (Å²) in [6.45, 7) is 0. The van der Waals surface area contributed by atoms with Gasteiger partial charge in [0.05, 0.1) is 0 Å². The Hall–Kier alpha value is 2.62. The van der Waals surface area contributed by atoms with Crippen molar-refractivity contribution in [1.82, 2.24) is 0 Å². The maximum absolute atomic E-state index is 3.81. The zero-order valence-electron chi connectivity index (χ0n) is 9.92. The number of allylic oxidation sites excluding steroid dienone is 2. The topological polar surface area (TPSA) is 0 Å². The molecule has 0 atom stereocenters. The zero-order chi connectivity index (χ0) is 13.8. The third-order valence-corrected chi connectivity index (χ3v) is 12.8. The van der Waals surface area contributed by atoms with Gasteiger partial charge in [0.1, 0.15) is 6.47 Å². The van der Waals surface area contributed by atoms with Crippen LogP contribution in [0.15, 0.2) is 8.96 Å². The fourth-order valence-electron chi connectivity index (χ4n) is 1.93. The minimum absolute atomic E-state index is 0.204. The standard InChI is InChI=1S/C12H16Br6/c13-9-7-5-3-1-2-4-6-8-11(15,16)12(17,18)10(9)14/h1-8H2/b10-9-. The van der Waals surface area contributed by atoms with Crippen LogP contribution in [0.1, 0.15) is 51.4 Å². The molecule has 0 bridgehead atoms. The minimum Gasteiger partial charge on any atom is -0.0698 e. The highest BCUT2D eigenvalue weighted by atomic mass is 79.9. The molecule has 0 N–H and O–H groups in total. The number of hydrogen-bond donors (Lipinski definition) is 0. The molecule has 1 rings (SSSR count). The van der Waals surface area contributed by atoms with Crippen LogP contribution in [0.4, 0.5) is 0 Å². The van der Waals surface area contributed by atoms with Gasteiger partial charge >= 0.3 is 0 Å². The van der Waals surface area contributed by atoms with E-state index in [2.05, 4.69) is 95.6 Å². The van der Waals surface area contributed by atoms with Crippen molar-refractivity contribution in [2.75, 3.05) is 0 Å². The molecule has 106 valence electrons. The van der Waals surface area contributed by atoms with E-state index in [1.54, 1.807) is 0 Å². The van der Waals surface area contributed by atoms with Crippen molar-refractivity contribution in [1.29, 1.82) is 0 Å². The molecule has 0 saturated heterocycles. The first-order valence-corrected chi connectivity index (χ1v) is 10.8. The third-order valence-electron chi connectivity index (χ3n) is 3.11. The normalized spacial score (nSPS) is 30.3. The Morgan fingerprint density at radius 1 is 0.722 bits per heavy atom. The van der Waals surface area contributed by atoms with E-state index in [1.165, 1.54) is 43.0 Å². The average Bonchev–Trinajstić information content (AvgIpc) is 2.29. The van der Waals surface area contributed by atoms with Gasteiger partial charge in [0.2, 0.25) is 0 Å². The molecule has 1 aliphatic rings. The van der Waals surface area contributed by atoms with Crippen LogP contribution in [0.25, 0.3) is 0 Å². The van der Waals surface area contributed by atoms with Gasteiger partial charge in [-0.3, -0.25) is 0 Å². The minimum atomic E-state index is -0.342. The van der Waals surface area contributed by atoms with Crippen molar-refractivity contribution in [2.24, 2.45) is 0 Å². The van der Waals surface area contributed by atoms with Crippen LogP contribution < -0.4 is 0 Å². The van der Waals surface area contributed by atoms with Gasteiger partial charge in [-0.05, 0) is 19.3 Å². The first-order valence-electron chi connectivity index (χ1n) is 6.09. The van der Waals surface area contributed by atoms with E-state index < -0.39 is 0 Å². The molecule has 0 saturated carbocycles. The molecular weight excluding hydrogens is 624 g/mol. The summed E-state index contributed by atoms with van der Waals surface area (Å²) >= 11 is 22.6. The van der Waals surface area contributed by atoms with Crippen molar-refractivity contribution in [3.05, 3.63) is 8.96 Å². The second-order valence-corrected chi connectivity index (χ2v) is 13.6. The summed E-state index contributed by atoms with van der Waals surface area (Å²) < 4.78 is 1.79. The lowest BCUT2D eigenvalue weighted by molar-refractivity contribution is 0.564. The van der Waals surface area contributed by atoms with E-state index in [0.29, 0.717) is 0 Å². The fourth-order valence-corrected chi connectivity index (χ4v) is 5.94. The van der Waals surface area contributed by atoms with Gasteiger partial charge in [-0.1, -0.05) is 128 Å². The van der Waals surface area contributed by atoms with Gasteiger partial charge in [0.25, 0.3) is 0 Å². The van der Waals surface area contributed by atoms with Gasteiger partial charge in [0.15, 0.2) is 0 Å². The van der Waals surface area contributed by atoms with Crippen LogP contribution in [-0.4, -0.2) is 6.47 Å². The quantitative estimate of drug-likeness (QED) is 0.235. The lowest BCUT2D eigenvalue weighted by Gasteiger charge is -2.35. The first kappa shape index (κ1) is 18.7. The molecule has 0 radical (unpaired) electrons. The molecular formula is C12H16Br6. The van der Waals surface area contributed by atoms with E-state index in [1.807, 2.05) is 0 Å². The highest BCUT2D eigenvalue weighted by Gasteiger charge is 2.47. The second-order valence-electron chi connectivity index (χ2n) is 4.62. The molecule has 0 fully saturated rings. The Kier molecular flexibility index (Phi) is 8.61. The van der Waals surface area contributed by atoms with E-state index >= 15 is 0 Å². The summed E-state index contributed by atoms with van der Waals surface area (Å²) in [4.78, 5) is 0. The highest BCUT2D eigenvalue weighted by Crippen LogP contribution is 2.58. The maximum atomic E-state index is 3.81. The summed E-state index contributed by atoms with van der Waals surface area (Å²) in [5, 5.41) is 0. The van der Waals surface area contributed by atoms with Crippen molar-refractivity contribution in [3.8, 4) is 0 Å². The van der Waals surface area contributed by atoms with E-state index in [9.17, 15) is 0 Å². The largest absolute Gasteiger partial charge is 0.137 e. The van der Waals surface area contributed by atoms with Crippen LogP contribution in [0.5, 0.6) is 0 Å². The summed E-state index contributed by atoms with van der Waals surface area (Å²) in [5.74, 6) is 0. The van der Waals surface area contributed by atoms with Gasteiger partial charge < -0.3 is 0 Å². The highest BCUT2D eigenvalue weighted by molar-refractivity contribution is 9.31. The Bertz CT molecular complexity index is 308. The number of hydrogen-bond acceptors (Lipinski definition) is 0. The second kappa shape index (κ2) is 8.30. The van der Waals surface area contributed by atoms with Crippen molar-refractivity contribution in [3.63, 3.8) is 0 Å². The lowest BCUT2D eigenvalue weighted by atomic mass is 10.0. The number of rotatable bonds is 0. The van der Waals surface area contributed by atoms with Gasteiger partial charge in [-0.15, -0.1) is 0 Å². The molecule has 0 aromatic heterocycles. The Morgan fingerprint density at radius 3 is 1.83 bits per heavy atom. The van der Waals surface area contributed by atoms with Crippen LogP contribution in [-0.2, 0) is 0 Å². The molecule has 0 spiro atoms. The van der Waals surface area contributed by atoms with Gasteiger partial charge in [-0.25, -0.2) is 0 Å². The van der Waals surface area contributed by atoms with Crippen molar-refractivity contribution in [2.45, 2.75) is 57.8 Å². The van der Waals surface area contributed by atoms with Gasteiger partial charge in [0, 0.05) is 8.96 Å². The molecule has 0 aliphatic heterocycles. The van der Waals surface area contributed by atoms with Gasteiger partial charge in [-0.2, -0.15) is 0 Å². The summed E-state index contributed by atoms with van der Waals surface area (Å²) in [7, 11) is 0. The Balaban J connectivity index is 2.97. The van der Waals surface area contributed by atoms with E-state index in [0.717, 1.165) is 17.3 Å². The van der Waals surface area contributed by atoms with Crippen LogP contribution >= 0.6 is 95.6 Å². The zero-order valence-corrected chi connectivity index (χ0v) is 19.4. The molecule has 6 heteroatoms. The van der Waals surface area contributed by atoms with Crippen molar-refractivity contribution < 1.29 is 0 Å². The average molecular weight is 640 g/mol. The molecule has 18 heavy (non-hydrogen) atoms. The third kappa shape index (κ3) is 5.11. The Morgan fingerprint density at radius 2 is 1.22 bits per heavy atom. The summed E-state index contributed by atoms with van der Waals surface area (Å²) in [6, 6.07) is 0. The number of halogens is 6. The SMILES string of the molecule is Br/C1=C(\Br)C(Br)(Br)C(Br)(Br)CCCCCCCC1. The molecule has 1 aliphatic carbocycles. The summed E-state index contributed by atoms with van der Waals surface area (Å²) in [6.07, 6.45) is 9.91.